The maximum atomic E-state index is 11.5. The molecule has 0 amide bonds. The first-order chi connectivity index (χ1) is 9.45. The van der Waals surface area contributed by atoms with E-state index in [0.29, 0.717) is 5.69 Å². The molecule has 7 nitrogen and oxygen atoms in total. The lowest BCUT2D eigenvalue weighted by molar-refractivity contribution is -0.147. The number of esters is 1. The van der Waals surface area contributed by atoms with Crippen LogP contribution >= 0.6 is 0 Å². The van der Waals surface area contributed by atoms with Crippen LogP contribution < -0.4 is 0 Å². The van der Waals surface area contributed by atoms with Gasteiger partial charge in [0.2, 0.25) is 6.04 Å². The third-order valence-corrected chi connectivity index (χ3v) is 2.30. The molecule has 1 aromatic rings. The van der Waals surface area contributed by atoms with Gasteiger partial charge in [-0.2, -0.15) is 10.2 Å². The van der Waals surface area contributed by atoms with Gasteiger partial charge < -0.3 is 9.84 Å². The number of ether oxygens (including phenoxy) is 1. The predicted molar refractivity (Wildman–Crippen MR) is 69.0 cm³/mol. The lowest BCUT2D eigenvalue weighted by atomic mass is 10.2. The van der Waals surface area contributed by atoms with Crippen LogP contribution in [0.15, 0.2) is 34.5 Å². The second-order valence-corrected chi connectivity index (χ2v) is 3.83. The Kier molecular flexibility index (Phi) is 5.52. The van der Waals surface area contributed by atoms with Gasteiger partial charge >= 0.3 is 11.9 Å². The molecule has 7 heteroatoms. The molecule has 0 spiro atoms. The fraction of sp³-hybridized carbons (Fsp3) is 0.308. The molecule has 1 rings (SSSR count). The fourth-order valence-corrected chi connectivity index (χ4v) is 1.31. The highest BCUT2D eigenvalue weighted by Gasteiger charge is 2.24. The van der Waals surface area contributed by atoms with Gasteiger partial charge in [-0.05, 0) is 38.1 Å². The number of azo groups is 1. The van der Waals surface area contributed by atoms with E-state index in [1.807, 2.05) is 0 Å². The zero-order valence-corrected chi connectivity index (χ0v) is 11.1. The second kappa shape index (κ2) is 7.13. The Morgan fingerprint density at radius 1 is 1.25 bits per heavy atom. The van der Waals surface area contributed by atoms with Crippen molar-refractivity contribution in [2.24, 2.45) is 10.2 Å². The molecular formula is C13H14N2O5. The van der Waals surface area contributed by atoms with E-state index < -0.39 is 23.8 Å². The number of nitrogens with zero attached hydrogens (tertiary/aromatic N) is 2. The lowest BCUT2D eigenvalue weighted by Gasteiger charge is -2.06. The zero-order chi connectivity index (χ0) is 15.1. The third-order valence-electron chi connectivity index (χ3n) is 2.30. The lowest BCUT2D eigenvalue weighted by Crippen LogP contribution is -2.28. The molecule has 0 saturated heterocycles. The number of carboxylic acid groups (broad SMARTS) is 1. The Bertz CT molecular complexity index is 536. The smallest absolute Gasteiger partial charge is 0.340 e. The highest BCUT2D eigenvalue weighted by atomic mass is 16.5. The van der Waals surface area contributed by atoms with Crippen LogP contribution in [-0.2, 0) is 14.3 Å². The largest absolute Gasteiger partial charge is 0.478 e. The van der Waals surface area contributed by atoms with E-state index in [-0.39, 0.29) is 12.2 Å². The van der Waals surface area contributed by atoms with Crippen LogP contribution in [0.1, 0.15) is 24.2 Å². The summed E-state index contributed by atoms with van der Waals surface area (Å²) in [6, 6.07) is 4.26. The minimum Gasteiger partial charge on any atom is -0.478 e. The zero-order valence-electron chi connectivity index (χ0n) is 11.1. The van der Waals surface area contributed by atoms with Crippen molar-refractivity contribution in [3.05, 3.63) is 29.8 Å². The molecule has 106 valence electrons. The van der Waals surface area contributed by atoms with Crippen molar-refractivity contribution in [3.63, 3.8) is 0 Å². The molecule has 0 aliphatic rings. The van der Waals surface area contributed by atoms with Gasteiger partial charge in [0, 0.05) is 0 Å². The number of Topliss-reactive ketones (excluding diaryl/α,β-unsaturated/α-hetero) is 1. The molecule has 0 bridgehead atoms. The standard InChI is InChI=1S/C13H14N2O5/c1-3-20-13(19)11(8(2)16)15-14-10-6-4-9(5-7-10)12(17)18/h4-7,11H,3H2,1-2H3,(H,17,18). The predicted octanol–water partition coefficient (Wildman–Crippen LogP) is 1.99. The molecule has 0 heterocycles. The van der Waals surface area contributed by atoms with E-state index in [1.165, 1.54) is 31.2 Å². The molecule has 0 radical (unpaired) electrons. The van der Waals surface area contributed by atoms with Gasteiger partial charge in [0.15, 0.2) is 5.78 Å². The molecule has 0 fully saturated rings. The summed E-state index contributed by atoms with van der Waals surface area (Å²) in [4.78, 5) is 33.4. The van der Waals surface area contributed by atoms with Crippen LogP contribution in [0.2, 0.25) is 0 Å². The van der Waals surface area contributed by atoms with Gasteiger partial charge in [0.05, 0.1) is 17.9 Å². The van der Waals surface area contributed by atoms with Gasteiger partial charge in [0.1, 0.15) is 0 Å². The number of aromatic carboxylic acids is 1. The maximum Gasteiger partial charge on any atom is 0.340 e. The Labute approximate surface area is 115 Å². The van der Waals surface area contributed by atoms with Gasteiger partial charge in [-0.3, -0.25) is 4.79 Å². The Balaban J connectivity index is 2.85. The minimum absolute atomic E-state index is 0.109. The minimum atomic E-state index is -1.30. The topological polar surface area (TPSA) is 105 Å². The fourth-order valence-electron chi connectivity index (χ4n) is 1.31. The first-order valence-corrected chi connectivity index (χ1v) is 5.87. The molecule has 0 aromatic heterocycles. The number of benzene rings is 1. The number of carboxylic acids is 1. The summed E-state index contributed by atoms with van der Waals surface area (Å²) in [6.07, 6.45) is 0. The van der Waals surface area contributed by atoms with Crippen molar-refractivity contribution in [2.75, 3.05) is 6.61 Å². The van der Waals surface area contributed by atoms with Crippen molar-refractivity contribution in [3.8, 4) is 0 Å². The average Bonchev–Trinajstić information content (AvgIpc) is 2.39. The van der Waals surface area contributed by atoms with Crippen molar-refractivity contribution >= 4 is 23.4 Å². The van der Waals surface area contributed by atoms with Crippen LogP contribution in [0.3, 0.4) is 0 Å². The number of carbonyl (C=O) groups excluding carboxylic acids is 2. The summed E-state index contributed by atoms with van der Waals surface area (Å²) in [7, 11) is 0. The van der Waals surface area contributed by atoms with Crippen LogP contribution in [-0.4, -0.2) is 35.5 Å². The van der Waals surface area contributed by atoms with Crippen LogP contribution in [0, 0.1) is 0 Å². The third kappa shape index (κ3) is 4.27. The van der Waals surface area contributed by atoms with Gasteiger partial charge in [-0.25, -0.2) is 9.59 Å². The molecule has 0 aliphatic heterocycles. The summed E-state index contributed by atoms with van der Waals surface area (Å²) in [5.74, 6) is -2.29. The van der Waals surface area contributed by atoms with E-state index >= 15 is 0 Å². The first kappa shape index (κ1) is 15.5. The summed E-state index contributed by atoms with van der Waals surface area (Å²) in [6.45, 7) is 2.98. The summed E-state index contributed by atoms with van der Waals surface area (Å²) >= 11 is 0. The van der Waals surface area contributed by atoms with Crippen LogP contribution in [0.25, 0.3) is 0 Å². The molecule has 1 atom stereocenters. The highest BCUT2D eigenvalue weighted by Crippen LogP contribution is 2.14. The Morgan fingerprint density at radius 3 is 2.30 bits per heavy atom. The molecule has 1 unspecified atom stereocenters. The number of rotatable bonds is 6. The van der Waals surface area contributed by atoms with E-state index in [9.17, 15) is 14.4 Å². The highest BCUT2D eigenvalue weighted by molar-refractivity contribution is 6.02. The van der Waals surface area contributed by atoms with Crippen LogP contribution in [0.5, 0.6) is 0 Å². The van der Waals surface area contributed by atoms with Gasteiger partial charge in [-0.1, -0.05) is 0 Å². The first-order valence-electron chi connectivity index (χ1n) is 5.87. The van der Waals surface area contributed by atoms with Crippen molar-refractivity contribution < 1.29 is 24.2 Å². The SMILES string of the molecule is CCOC(=O)C(N=Nc1ccc(C(=O)O)cc1)C(C)=O. The average molecular weight is 278 g/mol. The number of hydrogen-bond acceptors (Lipinski definition) is 6. The quantitative estimate of drug-likeness (QED) is 0.486. The van der Waals surface area contributed by atoms with Gasteiger partial charge in [0.25, 0.3) is 0 Å². The second-order valence-electron chi connectivity index (χ2n) is 3.83. The summed E-state index contributed by atoms with van der Waals surface area (Å²) < 4.78 is 4.71. The Morgan fingerprint density at radius 2 is 1.85 bits per heavy atom. The van der Waals surface area contributed by atoms with Crippen molar-refractivity contribution in [1.82, 2.24) is 0 Å². The molecule has 1 aromatic carbocycles. The summed E-state index contributed by atoms with van der Waals surface area (Å²) in [5, 5.41) is 16.1. The normalized spacial score (nSPS) is 12.1. The van der Waals surface area contributed by atoms with E-state index in [1.54, 1.807) is 6.92 Å². The van der Waals surface area contributed by atoms with Crippen molar-refractivity contribution in [2.45, 2.75) is 19.9 Å². The molecule has 1 N–H and O–H groups in total. The number of carbonyl (C=O) groups is 3. The Hall–Kier alpha value is -2.57. The number of hydrogen-bond donors (Lipinski definition) is 1. The molecule has 20 heavy (non-hydrogen) atoms. The van der Waals surface area contributed by atoms with E-state index in [0.717, 1.165) is 0 Å². The summed E-state index contributed by atoms with van der Waals surface area (Å²) in [5.41, 5.74) is 0.447. The van der Waals surface area contributed by atoms with Crippen molar-refractivity contribution in [1.29, 1.82) is 0 Å². The number of ketones is 1. The van der Waals surface area contributed by atoms with E-state index in [2.05, 4.69) is 10.2 Å². The van der Waals surface area contributed by atoms with Crippen LogP contribution in [0.4, 0.5) is 5.69 Å². The van der Waals surface area contributed by atoms with E-state index in [4.69, 9.17) is 9.84 Å². The molecule has 0 saturated carbocycles. The molecule has 0 aliphatic carbocycles. The maximum absolute atomic E-state index is 11.5. The monoisotopic (exact) mass is 278 g/mol. The molecular weight excluding hydrogens is 264 g/mol. The van der Waals surface area contributed by atoms with Gasteiger partial charge in [-0.15, -0.1) is 0 Å².